The highest BCUT2D eigenvalue weighted by atomic mass is 16.4. The molecule has 1 aromatic heterocycles. The first kappa shape index (κ1) is 11.9. The number of anilines is 1. The van der Waals surface area contributed by atoms with Gasteiger partial charge in [0.05, 0.1) is 6.10 Å². The number of aromatic nitrogens is 1. The molecule has 0 aromatic carbocycles. The van der Waals surface area contributed by atoms with Crippen molar-refractivity contribution in [2.75, 3.05) is 18.0 Å². The highest BCUT2D eigenvalue weighted by Crippen LogP contribution is 2.21. The summed E-state index contributed by atoms with van der Waals surface area (Å²) < 4.78 is 0. The number of hydrogen-bond donors (Lipinski definition) is 2. The van der Waals surface area contributed by atoms with Crippen LogP contribution in [0.1, 0.15) is 23.8 Å². The molecular weight excluding hydrogens is 220 g/mol. The number of aliphatic hydroxyl groups excluding tert-OH is 1. The molecule has 0 amide bonds. The van der Waals surface area contributed by atoms with Gasteiger partial charge in [0.25, 0.3) is 0 Å². The van der Waals surface area contributed by atoms with Crippen LogP contribution in [-0.2, 0) is 0 Å². The van der Waals surface area contributed by atoms with Gasteiger partial charge in [-0.2, -0.15) is 0 Å². The van der Waals surface area contributed by atoms with Gasteiger partial charge in [0.1, 0.15) is 5.82 Å². The van der Waals surface area contributed by atoms with Crippen molar-refractivity contribution in [3.63, 3.8) is 0 Å². The van der Waals surface area contributed by atoms with E-state index < -0.39 is 5.97 Å². The number of nitrogens with zero attached hydrogens (tertiary/aromatic N) is 2. The summed E-state index contributed by atoms with van der Waals surface area (Å²) in [4.78, 5) is 16.9. The quantitative estimate of drug-likeness (QED) is 0.801. The Hall–Kier alpha value is -1.62. The minimum absolute atomic E-state index is 0.0567. The van der Waals surface area contributed by atoms with E-state index in [1.165, 1.54) is 6.07 Å². The average Bonchev–Trinajstić information content (AvgIpc) is 2.33. The highest BCUT2D eigenvalue weighted by Gasteiger charge is 2.25. The van der Waals surface area contributed by atoms with Gasteiger partial charge in [0.2, 0.25) is 0 Å². The smallest absolute Gasteiger partial charge is 0.354 e. The summed E-state index contributed by atoms with van der Waals surface area (Å²) in [5.74, 6) is -0.167. The van der Waals surface area contributed by atoms with Gasteiger partial charge in [0, 0.05) is 13.1 Å². The van der Waals surface area contributed by atoms with Gasteiger partial charge in [0.15, 0.2) is 5.69 Å². The maximum Gasteiger partial charge on any atom is 0.354 e. The molecule has 0 spiro atoms. The van der Waals surface area contributed by atoms with Crippen molar-refractivity contribution in [1.82, 2.24) is 4.98 Å². The molecule has 0 saturated carbocycles. The molecule has 2 unspecified atom stereocenters. The molecule has 17 heavy (non-hydrogen) atoms. The van der Waals surface area contributed by atoms with Crippen LogP contribution >= 0.6 is 0 Å². The third-order valence-electron chi connectivity index (χ3n) is 3.14. The topological polar surface area (TPSA) is 73.7 Å². The Balaban J connectivity index is 2.17. The van der Waals surface area contributed by atoms with E-state index in [-0.39, 0.29) is 17.7 Å². The second-order valence-corrected chi connectivity index (χ2v) is 4.47. The van der Waals surface area contributed by atoms with Crippen LogP contribution in [0.5, 0.6) is 0 Å². The van der Waals surface area contributed by atoms with Crippen molar-refractivity contribution in [3.8, 4) is 0 Å². The number of piperidine rings is 1. The molecule has 1 saturated heterocycles. The monoisotopic (exact) mass is 236 g/mol. The van der Waals surface area contributed by atoms with Crippen molar-refractivity contribution in [2.24, 2.45) is 5.92 Å². The maximum atomic E-state index is 10.8. The number of hydrogen-bond acceptors (Lipinski definition) is 4. The Morgan fingerprint density at radius 3 is 2.94 bits per heavy atom. The SMILES string of the molecule is CC1CN(c2cccc(C(=O)O)n2)CCC1O. The number of carboxylic acid groups (broad SMARTS) is 1. The summed E-state index contributed by atoms with van der Waals surface area (Å²) in [6.45, 7) is 3.40. The maximum absolute atomic E-state index is 10.8. The van der Waals surface area contributed by atoms with Crippen LogP contribution in [0, 0.1) is 5.92 Å². The van der Waals surface area contributed by atoms with Gasteiger partial charge in [-0.1, -0.05) is 13.0 Å². The van der Waals surface area contributed by atoms with E-state index in [4.69, 9.17) is 5.11 Å². The number of aromatic carboxylic acids is 1. The number of pyridine rings is 1. The van der Waals surface area contributed by atoms with E-state index in [1.54, 1.807) is 12.1 Å². The van der Waals surface area contributed by atoms with Crippen molar-refractivity contribution in [3.05, 3.63) is 23.9 Å². The molecule has 1 aromatic rings. The first-order valence-electron chi connectivity index (χ1n) is 5.71. The Labute approximate surface area is 99.7 Å². The van der Waals surface area contributed by atoms with Crippen molar-refractivity contribution >= 4 is 11.8 Å². The third kappa shape index (κ3) is 2.55. The van der Waals surface area contributed by atoms with Gasteiger partial charge in [-0.25, -0.2) is 9.78 Å². The lowest BCUT2D eigenvalue weighted by atomic mass is 9.97. The molecule has 0 bridgehead atoms. The molecule has 0 radical (unpaired) electrons. The molecule has 2 heterocycles. The van der Waals surface area contributed by atoms with Crippen LogP contribution < -0.4 is 4.90 Å². The zero-order valence-electron chi connectivity index (χ0n) is 9.71. The summed E-state index contributed by atoms with van der Waals surface area (Å²) in [5, 5.41) is 18.5. The Morgan fingerprint density at radius 2 is 2.29 bits per heavy atom. The Kier molecular flexibility index (Phi) is 3.28. The van der Waals surface area contributed by atoms with E-state index in [1.807, 2.05) is 11.8 Å². The number of rotatable bonds is 2. The van der Waals surface area contributed by atoms with Gasteiger partial charge in [-0.3, -0.25) is 0 Å². The minimum atomic E-state index is -1.02. The predicted octanol–water partition coefficient (Wildman–Crippen LogP) is 0.987. The number of carbonyl (C=O) groups is 1. The summed E-state index contributed by atoms with van der Waals surface area (Å²) >= 11 is 0. The summed E-state index contributed by atoms with van der Waals surface area (Å²) in [6, 6.07) is 4.98. The summed E-state index contributed by atoms with van der Waals surface area (Å²) in [6.07, 6.45) is 0.425. The van der Waals surface area contributed by atoms with Gasteiger partial charge in [-0.15, -0.1) is 0 Å². The predicted molar refractivity (Wildman–Crippen MR) is 63.2 cm³/mol. The highest BCUT2D eigenvalue weighted by molar-refractivity contribution is 5.85. The molecule has 92 valence electrons. The first-order valence-corrected chi connectivity index (χ1v) is 5.71. The van der Waals surface area contributed by atoms with Gasteiger partial charge >= 0.3 is 5.97 Å². The number of aliphatic hydroxyl groups is 1. The lowest BCUT2D eigenvalue weighted by molar-refractivity contribution is 0.0690. The zero-order chi connectivity index (χ0) is 12.4. The number of carboxylic acids is 1. The second-order valence-electron chi connectivity index (χ2n) is 4.47. The fourth-order valence-electron chi connectivity index (χ4n) is 2.06. The molecule has 0 aliphatic carbocycles. The molecule has 1 fully saturated rings. The lowest BCUT2D eigenvalue weighted by Crippen LogP contribution is -2.42. The van der Waals surface area contributed by atoms with Crippen molar-refractivity contribution in [2.45, 2.75) is 19.4 Å². The zero-order valence-corrected chi connectivity index (χ0v) is 9.71. The van der Waals surface area contributed by atoms with Crippen LogP contribution in [-0.4, -0.2) is 40.4 Å². The summed E-state index contributed by atoms with van der Waals surface area (Å²) in [5.41, 5.74) is 0.0567. The van der Waals surface area contributed by atoms with Gasteiger partial charge < -0.3 is 15.1 Å². The summed E-state index contributed by atoms with van der Waals surface area (Å²) in [7, 11) is 0. The minimum Gasteiger partial charge on any atom is -0.477 e. The molecular formula is C12H16N2O3. The van der Waals surface area contributed by atoms with Crippen LogP contribution in [0.4, 0.5) is 5.82 Å². The molecule has 1 aliphatic rings. The molecule has 2 N–H and O–H groups in total. The Morgan fingerprint density at radius 1 is 1.53 bits per heavy atom. The van der Waals surface area contributed by atoms with E-state index in [2.05, 4.69) is 4.98 Å². The third-order valence-corrected chi connectivity index (χ3v) is 3.14. The molecule has 1 aliphatic heterocycles. The van der Waals surface area contributed by atoms with Crippen LogP contribution in [0.25, 0.3) is 0 Å². The normalized spacial score (nSPS) is 24.7. The average molecular weight is 236 g/mol. The van der Waals surface area contributed by atoms with Gasteiger partial charge in [-0.05, 0) is 24.5 Å². The van der Waals surface area contributed by atoms with Crippen LogP contribution in [0.2, 0.25) is 0 Å². The van der Waals surface area contributed by atoms with Crippen molar-refractivity contribution in [1.29, 1.82) is 0 Å². The van der Waals surface area contributed by atoms with E-state index in [0.717, 1.165) is 0 Å². The first-order chi connectivity index (χ1) is 8.08. The van der Waals surface area contributed by atoms with Crippen LogP contribution in [0.3, 0.4) is 0 Å². The van der Waals surface area contributed by atoms with E-state index in [9.17, 15) is 9.90 Å². The standard InChI is InChI=1S/C12H16N2O3/c1-8-7-14(6-5-10(8)15)11-4-2-3-9(13-11)12(16)17/h2-4,8,10,15H,5-7H2,1H3,(H,16,17). The largest absolute Gasteiger partial charge is 0.477 e. The van der Waals surface area contributed by atoms with E-state index in [0.29, 0.717) is 25.3 Å². The second kappa shape index (κ2) is 4.71. The molecule has 5 heteroatoms. The van der Waals surface area contributed by atoms with Crippen molar-refractivity contribution < 1.29 is 15.0 Å². The fourth-order valence-corrected chi connectivity index (χ4v) is 2.06. The lowest BCUT2D eigenvalue weighted by Gasteiger charge is -2.35. The molecule has 2 atom stereocenters. The van der Waals surface area contributed by atoms with E-state index >= 15 is 0 Å². The Bertz CT molecular complexity index is 422. The van der Waals surface area contributed by atoms with Crippen LogP contribution in [0.15, 0.2) is 18.2 Å². The molecule has 5 nitrogen and oxygen atoms in total. The molecule has 2 rings (SSSR count). The fraction of sp³-hybridized carbons (Fsp3) is 0.500.